The first-order valence-electron chi connectivity index (χ1n) is 17.2. The zero-order valence-electron chi connectivity index (χ0n) is 28.0. The Kier molecular flexibility index (Phi) is 8.01. The summed E-state index contributed by atoms with van der Waals surface area (Å²) < 4.78 is 12.5. The third kappa shape index (κ3) is 5.67. The van der Waals surface area contributed by atoms with Crippen LogP contribution in [0.25, 0.3) is 39.1 Å². The molecular formula is C45H39NO3. The SMILES string of the molecule is COC(=O)c1cc2cc(-c3ccc(-c4ccc(C)cc4)cc3)ccc2c2c1C=CC(c1ccccc1)(c1ccc(N3CCCCC3)cc1)O2. The fraction of sp³-hybridized carbons (Fsp3) is 0.178. The number of nitrogens with zero attached hydrogens (tertiary/aromatic N) is 1. The third-order valence-corrected chi connectivity index (χ3v) is 10.1. The molecule has 0 aromatic heterocycles. The molecular weight excluding hydrogens is 602 g/mol. The number of benzene rings is 6. The predicted octanol–water partition coefficient (Wildman–Crippen LogP) is 10.6. The lowest BCUT2D eigenvalue weighted by atomic mass is 9.82. The lowest BCUT2D eigenvalue weighted by Crippen LogP contribution is -2.35. The van der Waals surface area contributed by atoms with E-state index < -0.39 is 11.6 Å². The molecule has 0 amide bonds. The minimum absolute atomic E-state index is 0.391. The number of carbonyl (C=O) groups excluding carboxylic acids is 1. The molecule has 6 aromatic rings. The zero-order chi connectivity index (χ0) is 33.4. The largest absolute Gasteiger partial charge is 0.472 e. The van der Waals surface area contributed by atoms with E-state index in [1.807, 2.05) is 30.3 Å². The quantitative estimate of drug-likeness (QED) is 0.170. The van der Waals surface area contributed by atoms with Gasteiger partial charge in [-0.3, -0.25) is 0 Å². The van der Waals surface area contributed by atoms with Crippen LogP contribution in [0, 0.1) is 6.92 Å². The van der Waals surface area contributed by atoms with E-state index in [-0.39, 0.29) is 0 Å². The second-order valence-electron chi connectivity index (χ2n) is 13.2. The molecule has 1 fully saturated rings. The second kappa shape index (κ2) is 12.8. The molecule has 49 heavy (non-hydrogen) atoms. The van der Waals surface area contributed by atoms with Gasteiger partial charge in [-0.05, 0) is 90.2 Å². The van der Waals surface area contributed by atoms with Crippen LogP contribution in [0.2, 0.25) is 0 Å². The molecule has 4 heteroatoms. The molecule has 0 radical (unpaired) electrons. The number of hydrogen-bond donors (Lipinski definition) is 0. The van der Waals surface area contributed by atoms with Crippen LogP contribution in [0.3, 0.4) is 0 Å². The molecule has 0 aliphatic carbocycles. The molecule has 242 valence electrons. The van der Waals surface area contributed by atoms with Gasteiger partial charge in [0.25, 0.3) is 0 Å². The van der Waals surface area contributed by atoms with Crippen LogP contribution < -0.4 is 9.64 Å². The van der Waals surface area contributed by atoms with Crippen molar-refractivity contribution in [3.05, 3.63) is 161 Å². The van der Waals surface area contributed by atoms with Crippen LogP contribution in [0.5, 0.6) is 5.75 Å². The van der Waals surface area contributed by atoms with E-state index in [0.717, 1.165) is 51.7 Å². The lowest BCUT2D eigenvalue weighted by Gasteiger charge is -2.37. The molecule has 0 saturated carbocycles. The molecule has 2 aliphatic heterocycles. The first kappa shape index (κ1) is 30.7. The standard InChI is InChI=1S/C45H39NO3/c1-31-11-13-32(14-12-31)33-15-17-34(18-16-33)35-19-24-40-36(29-35)30-42(44(47)48-2)41-25-26-45(49-43(40)41,37-9-5-3-6-10-37)38-20-22-39(23-21-38)46-27-7-4-8-28-46/h3,5-6,9-26,29-30H,4,7-8,27-28H2,1-2H3. The molecule has 2 aliphatic rings. The van der Waals surface area contributed by atoms with Crippen molar-refractivity contribution in [2.45, 2.75) is 31.8 Å². The minimum Gasteiger partial charge on any atom is -0.472 e. The maximum Gasteiger partial charge on any atom is 0.338 e. The van der Waals surface area contributed by atoms with Gasteiger partial charge in [0, 0.05) is 40.9 Å². The van der Waals surface area contributed by atoms with Gasteiger partial charge < -0.3 is 14.4 Å². The number of esters is 1. The molecule has 6 aromatic carbocycles. The Hall–Kier alpha value is -5.61. The number of ether oxygens (including phenoxy) is 2. The first-order valence-corrected chi connectivity index (χ1v) is 17.2. The van der Waals surface area contributed by atoms with Crippen LogP contribution in [-0.4, -0.2) is 26.2 Å². The van der Waals surface area contributed by atoms with Crippen LogP contribution in [0.15, 0.2) is 133 Å². The highest BCUT2D eigenvalue weighted by atomic mass is 16.5. The lowest BCUT2D eigenvalue weighted by molar-refractivity contribution is 0.0599. The van der Waals surface area contributed by atoms with Gasteiger partial charge in [-0.1, -0.05) is 109 Å². The van der Waals surface area contributed by atoms with Gasteiger partial charge >= 0.3 is 5.97 Å². The fourth-order valence-electron chi connectivity index (χ4n) is 7.35. The van der Waals surface area contributed by atoms with Gasteiger partial charge in [0.1, 0.15) is 5.75 Å². The highest BCUT2D eigenvalue weighted by molar-refractivity contribution is 6.05. The van der Waals surface area contributed by atoms with E-state index in [4.69, 9.17) is 9.47 Å². The smallest absolute Gasteiger partial charge is 0.338 e. The van der Waals surface area contributed by atoms with Crippen LogP contribution in [-0.2, 0) is 10.3 Å². The number of rotatable bonds is 6. The molecule has 4 nitrogen and oxygen atoms in total. The Labute approximate surface area is 288 Å². The highest BCUT2D eigenvalue weighted by Gasteiger charge is 2.39. The van der Waals surface area contributed by atoms with Crippen molar-refractivity contribution in [3.63, 3.8) is 0 Å². The Morgan fingerprint density at radius 3 is 1.98 bits per heavy atom. The van der Waals surface area contributed by atoms with Crippen molar-refractivity contribution in [1.82, 2.24) is 0 Å². The van der Waals surface area contributed by atoms with Crippen molar-refractivity contribution >= 4 is 28.5 Å². The summed E-state index contributed by atoms with van der Waals surface area (Å²) in [5.41, 5.74) is 9.39. The van der Waals surface area contributed by atoms with Gasteiger partial charge in [0.2, 0.25) is 0 Å². The summed E-state index contributed by atoms with van der Waals surface area (Å²) >= 11 is 0. The van der Waals surface area contributed by atoms with E-state index in [2.05, 4.69) is 121 Å². The summed E-state index contributed by atoms with van der Waals surface area (Å²) in [7, 11) is 1.43. The molecule has 0 bridgehead atoms. The number of methoxy groups -OCH3 is 1. The Morgan fingerprint density at radius 2 is 1.31 bits per heavy atom. The third-order valence-electron chi connectivity index (χ3n) is 10.1. The average Bonchev–Trinajstić information content (AvgIpc) is 3.18. The van der Waals surface area contributed by atoms with Crippen molar-refractivity contribution in [2.75, 3.05) is 25.1 Å². The van der Waals surface area contributed by atoms with Gasteiger partial charge in [-0.15, -0.1) is 0 Å². The number of anilines is 1. The van der Waals surface area contributed by atoms with Crippen molar-refractivity contribution < 1.29 is 14.3 Å². The Balaban J connectivity index is 1.22. The van der Waals surface area contributed by atoms with Crippen LogP contribution in [0.1, 0.15) is 51.9 Å². The second-order valence-corrected chi connectivity index (χ2v) is 13.2. The van der Waals surface area contributed by atoms with Crippen LogP contribution in [0.4, 0.5) is 5.69 Å². The van der Waals surface area contributed by atoms with Crippen molar-refractivity contribution in [1.29, 1.82) is 0 Å². The number of hydrogen-bond acceptors (Lipinski definition) is 4. The predicted molar refractivity (Wildman–Crippen MR) is 200 cm³/mol. The summed E-state index contributed by atoms with van der Waals surface area (Å²) in [5, 5.41) is 1.86. The Morgan fingerprint density at radius 1 is 0.694 bits per heavy atom. The average molecular weight is 642 g/mol. The van der Waals surface area contributed by atoms with E-state index in [1.165, 1.54) is 48.8 Å². The molecule has 1 unspecified atom stereocenters. The number of carbonyl (C=O) groups is 1. The van der Waals surface area contributed by atoms with Crippen molar-refractivity contribution in [2.24, 2.45) is 0 Å². The molecule has 8 rings (SSSR count). The summed E-state index contributed by atoms with van der Waals surface area (Å²) in [5.74, 6) is 0.281. The normalized spacial score (nSPS) is 17.0. The van der Waals surface area contributed by atoms with E-state index in [1.54, 1.807) is 0 Å². The van der Waals surface area contributed by atoms with Gasteiger partial charge in [-0.25, -0.2) is 4.79 Å². The molecule has 2 heterocycles. The minimum atomic E-state index is -0.888. The number of fused-ring (bicyclic) bond motifs is 3. The summed E-state index contributed by atoms with van der Waals surface area (Å²) in [4.78, 5) is 15.7. The Bertz CT molecular complexity index is 2160. The maximum absolute atomic E-state index is 13.3. The molecule has 0 spiro atoms. The molecule has 1 saturated heterocycles. The summed E-state index contributed by atoms with van der Waals surface area (Å²) in [6.07, 6.45) is 7.88. The molecule has 1 atom stereocenters. The number of aryl methyl sites for hydroxylation is 1. The van der Waals surface area contributed by atoms with Gasteiger partial charge in [0.15, 0.2) is 5.60 Å². The maximum atomic E-state index is 13.3. The topological polar surface area (TPSA) is 38.8 Å². The fourth-order valence-corrected chi connectivity index (χ4v) is 7.35. The van der Waals surface area contributed by atoms with E-state index in [0.29, 0.717) is 11.3 Å². The van der Waals surface area contributed by atoms with E-state index >= 15 is 0 Å². The van der Waals surface area contributed by atoms with Gasteiger partial charge in [-0.2, -0.15) is 0 Å². The van der Waals surface area contributed by atoms with Crippen molar-refractivity contribution in [3.8, 4) is 28.0 Å². The molecule has 0 N–H and O–H groups in total. The zero-order valence-corrected chi connectivity index (χ0v) is 28.0. The first-order chi connectivity index (χ1) is 24.0. The summed E-state index contributed by atoms with van der Waals surface area (Å²) in [6.45, 7) is 4.29. The summed E-state index contributed by atoms with van der Waals surface area (Å²) in [6, 6.07) is 44.7. The number of piperidine rings is 1. The monoisotopic (exact) mass is 641 g/mol. The van der Waals surface area contributed by atoms with Gasteiger partial charge in [0.05, 0.1) is 12.7 Å². The van der Waals surface area contributed by atoms with Crippen LogP contribution >= 0.6 is 0 Å². The highest BCUT2D eigenvalue weighted by Crippen LogP contribution is 2.47. The van der Waals surface area contributed by atoms with E-state index in [9.17, 15) is 4.79 Å².